The topological polar surface area (TPSA) is 41.6 Å². The molecule has 0 aliphatic carbocycles. The fourth-order valence-corrected chi connectivity index (χ4v) is 2.75. The Labute approximate surface area is 154 Å². The van der Waals surface area contributed by atoms with Gasteiger partial charge in [-0.1, -0.05) is 41.9 Å². The molecule has 1 unspecified atom stereocenters. The molecule has 0 aromatic heterocycles. The zero-order valence-electron chi connectivity index (χ0n) is 15.0. The highest BCUT2D eigenvalue weighted by Gasteiger charge is 2.14. The SMILES string of the molecule is Cc1cc(Cl)ccc1OCC(=O)NCC(Cc1ccccc1)N(C)C. The van der Waals surface area contributed by atoms with Crippen LogP contribution < -0.4 is 10.1 Å². The van der Waals surface area contributed by atoms with Gasteiger partial charge >= 0.3 is 0 Å². The highest BCUT2D eigenvalue weighted by molar-refractivity contribution is 6.30. The quantitative estimate of drug-likeness (QED) is 0.785. The van der Waals surface area contributed by atoms with E-state index in [0.29, 0.717) is 17.3 Å². The standard InChI is InChI=1S/C20H25ClN2O2/c1-15-11-17(21)9-10-19(15)25-14-20(24)22-13-18(23(2)3)12-16-7-5-4-6-8-16/h4-11,18H,12-14H2,1-3H3,(H,22,24). The lowest BCUT2D eigenvalue weighted by atomic mass is 10.1. The molecule has 0 aliphatic rings. The summed E-state index contributed by atoms with van der Waals surface area (Å²) in [5.74, 6) is 0.544. The molecule has 1 N–H and O–H groups in total. The van der Waals surface area contributed by atoms with E-state index in [2.05, 4.69) is 22.3 Å². The number of amides is 1. The normalized spacial score (nSPS) is 12.0. The van der Waals surface area contributed by atoms with Crippen LogP contribution >= 0.6 is 11.6 Å². The van der Waals surface area contributed by atoms with E-state index in [-0.39, 0.29) is 18.6 Å². The van der Waals surface area contributed by atoms with Crippen molar-refractivity contribution in [2.45, 2.75) is 19.4 Å². The van der Waals surface area contributed by atoms with Gasteiger partial charge in [0.2, 0.25) is 0 Å². The van der Waals surface area contributed by atoms with Gasteiger partial charge in [0.25, 0.3) is 5.91 Å². The van der Waals surface area contributed by atoms with Gasteiger partial charge in [-0.05, 0) is 56.8 Å². The first-order chi connectivity index (χ1) is 12.0. The minimum Gasteiger partial charge on any atom is -0.484 e. The Bertz CT molecular complexity index is 689. The van der Waals surface area contributed by atoms with Gasteiger partial charge in [0, 0.05) is 17.6 Å². The van der Waals surface area contributed by atoms with Crippen LogP contribution in [0.1, 0.15) is 11.1 Å². The summed E-state index contributed by atoms with van der Waals surface area (Å²) in [7, 11) is 4.04. The zero-order chi connectivity index (χ0) is 18.2. The van der Waals surface area contributed by atoms with Gasteiger partial charge < -0.3 is 15.0 Å². The molecule has 0 spiro atoms. The van der Waals surface area contributed by atoms with Crippen molar-refractivity contribution in [3.63, 3.8) is 0 Å². The molecule has 2 aromatic carbocycles. The second-order valence-electron chi connectivity index (χ2n) is 6.31. The summed E-state index contributed by atoms with van der Waals surface area (Å²) < 4.78 is 5.58. The lowest BCUT2D eigenvalue weighted by Crippen LogP contribution is -2.43. The molecule has 0 bridgehead atoms. The van der Waals surface area contributed by atoms with Crippen molar-refractivity contribution < 1.29 is 9.53 Å². The van der Waals surface area contributed by atoms with Crippen molar-refractivity contribution in [1.82, 2.24) is 10.2 Å². The Morgan fingerprint density at radius 2 is 1.92 bits per heavy atom. The Balaban J connectivity index is 1.82. The van der Waals surface area contributed by atoms with Gasteiger partial charge in [0.1, 0.15) is 5.75 Å². The van der Waals surface area contributed by atoms with E-state index in [9.17, 15) is 4.79 Å². The predicted molar refractivity (Wildman–Crippen MR) is 102 cm³/mol. The number of carbonyl (C=O) groups is 1. The van der Waals surface area contributed by atoms with Gasteiger partial charge in [-0.25, -0.2) is 0 Å². The summed E-state index contributed by atoms with van der Waals surface area (Å²) in [6.45, 7) is 2.47. The van der Waals surface area contributed by atoms with Crippen LogP contribution in [0.15, 0.2) is 48.5 Å². The molecule has 4 nitrogen and oxygen atoms in total. The van der Waals surface area contributed by atoms with Gasteiger partial charge in [-0.2, -0.15) is 0 Å². The van der Waals surface area contributed by atoms with Crippen LogP contribution in [-0.2, 0) is 11.2 Å². The summed E-state index contributed by atoms with van der Waals surface area (Å²) in [5, 5.41) is 3.61. The fourth-order valence-electron chi connectivity index (χ4n) is 2.52. The number of nitrogens with zero attached hydrogens (tertiary/aromatic N) is 1. The number of benzene rings is 2. The molecule has 0 radical (unpaired) electrons. The van der Waals surface area contributed by atoms with Crippen molar-refractivity contribution in [3.8, 4) is 5.75 Å². The van der Waals surface area contributed by atoms with Gasteiger partial charge in [-0.15, -0.1) is 0 Å². The minimum atomic E-state index is -0.130. The molecule has 0 aliphatic heterocycles. The number of ether oxygens (including phenoxy) is 1. The molecule has 0 saturated heterocycles. The van der Waals surface area contributed by atoms with E-state index in [1.54, 1.807) is 12.1 Å². The van der Waals surface area contributed by atoms with Gasteiger partial charge in [-0.3, -0.25) is 4.79 Å². The molecule has 2 rings (SSSR count). The minimum absolute atomic E-state index is 0.00599. The molecule has 0 saturated carbocycles. The molecule has 134 valence electrons. The highest BCUT2D eigenvalue weighted by Crippen LogP contribution is 2.21. The first-order valence-electron chi connectivity index (χ1n) is 8.31. The van der Waals surface area contributed by atoms with E-state index in [1.165, 1.54) is 5.56 Å². The monoisotopic (exact) mass is 360 g/mol. The van der Waals surface area contributed by atoms with Crippen molar-refractivity contribution in [1.29, 1.82) is 0 Å². The van der Waals surface area contributed by atoms with E-state index < -0.39 is 0 Å². The van der Waals surface area contributed by atoms with Gasteiger partial charge in [0.15, 0.2) is 6.61 Å². The first-order valence-corrected chi connectivity index (χ1v) is 8.69. The maximum Gasteiger partial charge on any atom is 0.257 e. The number of likely N-dealkylation sites (N-methyl/N-ethyl adjacent to an activating group) is 1. The maximum atomic E-state index is 12.1. The van der Waals surface area contributed by atoms with Crippen LogP contribution in [-0.4, -0.2) is 44.1 Å². The van der Waals surface area contributed by atoms with Crippen LogP contribution in [0.5, 0.6) is 5.75 Å². The fraction of sp³-hybridized carbons (Fsp3) is 0.350. The Morgan fingerprint density at radius 3 is 2.56 bits per heavy atom. The molecule has 5 heteroatoms. The van der Waals surface area contributed by atoms with Crippen molar-refractivity contribution in [3.05, 3.63) is 64.7 Å². The van der Waals surface area contributed by atoms with Crippen LogP contribution in [0.25, 0.3) is 0 Å². The molecule has 2 aromatic rings. The van der Waals surface area contributed by atoms with Crippen LogP contribution in [0, 0.1) is 6.92 Å². The number of hydrogen-bond acceptors (Lipinski definition) is 3. The summed E-state index contributed by atoms with van der Waals surface area (Å²) >= 11 is 5.92. The summed E-state index contributed by atoms with van der Waals surface area (Å²) in [4.78, 5) is 14.2. The number of aryl methyl sites for hydroxylation is 1. The van der Waals surface area contributed by atoms with Crippen LogP contribution in [0.3, 0.4) is 0 Å². The van der Waals surface area contributed by atoms with E-state index in [1.807, 2.05) is 45.3 Å². The number of hydrogen-bond donors (Lipinski definition) is 1. The van der Waals surface area contributed by atoms with Crippen molar-refractivity contribution >= 4 is 17.5 Å². The first kappa shape index (κ1) is 19.3. The second-order valence-corrected chi connectivity index (χ2v) is 6.75. The maximum absolute atomic E-state index is 12.1. The predicted octanol–water partition coefficient (Wildman–Crippen LogP) is 3.32. The number of nitrogens with one attached hydrogen (secondary N) is 1. The lowest BCUT2D eigenvalue weighted by Gasteiger charge is -2.24. The summed E-state index contributed by atoms with van der Waals surface area (Å²) in [6.07, 6.45) is 0.880. The lowest BCUT2D eigenvalue weighted by molar-refractivity contribution is -0.123. The molecular formula is C20H25ClN2O2. The number of carbonyl (C=O) groups excluding carboxylic acids is 1. The zero-order valence-corrected chi connectivity index (χ0v) is 15.7. The third-order valence-corrected chi connectivity index (χ3v) is 4.31. The summed E-state index contributed by atoms with van der Waals surface area (Å²) in [6, 6.07) is 15.8. The average Bonchev–Trinajstić information content (AvgIpc) is 2.58. The smallest absolute Gasteiger partial charge is 0.257 e. The summed E-state index contributed by atoms with van der Waals surface area (Å²) in [5.41, 5.74) is 2.17. The Morgan fingerprint density at radius 1 is 1.20 bits per heavy atom. The number of halogens is 1. The van der Waals surface area contributed by atoms with Crippen LogP contribution in [0.4, 0.5) is 0 Å². The van der Waals surface area contributed by atoms with E-state index >= 15 is 0 Å². The Kier molecular flexibility index (Phi) is 7.29. The Hall–Kier alpha value is -2.04. The molecule has 0 heterocycles. The van der Waals surface area contributed by atoms with Gasteiger partial charge in [0.05, 0.1) is 0 Å². The third kappa shape index (κ3) is 6.40. The average molecular weight is 361 g/mol. The number of rotatable bonds is 8. The van der Waals surface area contributed by atoms with E-state index in [4.69, 9.17) is 16.3 Å². The second kappa shape index (κ2) is 9.44. The molecule has 1 amide bonds. The molecular weight excluding hydrogens is 336 g/mol. The van der Waals surface area contributed by atoms with E-state index in [0.717, 1.165) is 12.0 Å². The van der Waals surface area contributed by atoms with Crippen LogP contribution in [0.2, 0.25) is 5.02 Å². The van der Waals surface area contributed by atoms with Crippen molar-refractivity contribution in [2.24, 2.45) is 0 Å². The molecule has 1 atom stereocenters. The van der Waals surface area contributed by atoms with Crippen molar-refractivity contribution in [2.75, 3.05) is 27.2 Å². The molecule has 25 heavy (non-hydrogen) atoms. The largest absolute Gasteiger partial charge is 0.484 e. The molecule has 0 fully saturated rings. The third-order valence-electron chi connectivity index (χ3n) is 4.08. The highest BCUT2D eigenvalue weighted by atomic mass is 35.5.